The number of likely N-dealkylation sites (tertiary alicyclic amines) is 1. The number of rotatable bonds is 9. The number of nitrogens with one attached hydrogen (secondary N) is 2. The van der Waals surface area contributed by atoms with Crippen molar-refractivity contribution in [1.82, 2.24) is 15.5 Å². The highest BCUT2D eigenvalue weighted by Crippen LogP contribution is 2.21. The number of piperidine rings is 1. The summed E-state index contributed by atoms with van der Waals surface area (Å²) in [6.45, 7) is 9.30. The van der Waals surface area contributed by atoms with Gasteiger partial charge in [0.05, 0.1) is 5.75 Å². The van der Waals surface area contributed by atoms with Crippen molar-refractivity contribution in [3.8, 4) is 0 Å². The van der Waals surface area contributed by atoms with Crippen molar-refractivity contribution in [1.29, 1.82) is 0 Å². The predicted molar refractivity (Wildman–Crippen MR) is 137 cm³/mol. The van der Waals surface area contributed by atoms with Crippen LogP contribution in [0.15, 0.2) is 23.2 Å². The molecule has 2 rings (SSSR count). The van der Waals surface area contributed by atoms with Gasteiger partial charge in [0, 0.05) is 39.5 Å². The number of hydrogen-bond acceptors (Lipinski definition) is 4. The van der Waals surface area contributed by atoms with Gasteiger partial charge in [-0.25, -0.2) is 12.8 Å². The Morgan fingerprint density at radius 2 is 1.84 bits per heavy atom. The van der Waals surface area contributed by atoms with Crippen LogP contribution in [0.4, 0.5) is 4.39 Å². The van der Waals surface area contributed by atoms with Crippen LogP contribution in [0, 0.1) is 17.7 Å². The van der Waals surface area contributed by atoms with Crippen LogP contribution in [0.3, 0.4) is 0 Å². The third-order valence-electron chi connectivity index (χ3n) is 5.39. The summed E-state index contributed by atoms with van der Waals surface area (Å²) in [5, 5.41) is 6.44. The molecule has 1 aromatic rings. The molecule has 31 heavy (non-hydrogen) atoms. The maximum Gasteiger partial charge on any atom is 0.191 e. The first-order valence-corrected chi connectivity index (χ1v) is 12.8. The predicted octanol–water partition coefficient (Wildman–Crippen LogP) is 3.41. The summed E-state index contributed by atoms with van der Waals surface area (Å²) in [6, 6.07) is 4.20. The molecule has 1 heterocycles. The molecule has 0 aromatic heterocycles. The van der Waals surface area contributed by atoms with E-state index in [2.05, 4.69) is 34.4 Å². The van der Waals surface area contributed by atoms with Crippen LogP contribution < -0.4 is 10.6 Å². The molecule has 9 heteroatoms. The Morgan fingerprint density at radius 3 is 2.45 bits per heavy atom. The fourth-order valence-corrected chi connectivity index (χ4v) is 5.07. The van der Waals surface area contributed by atoms with Crippen LogP contribution >= 0.6 is 24.0 Å². The van der Waals surface area contributed by atoms with Crippen LogP contribution in [0.1, 0.15) is 44.2 Å². The summed E-state index contributed by atoms with van der Waals surface area (Å²) < 4.78 is 36.9. The van der Waals surface area contributed by atoms with E-state index in [4.69, 9.17) is 0 Å². The van der Waals surface area contributed by atoms with Crippen LogP contribution in [-0.4, -0.2) is 58.8 Å². The molecule has 0 spiro atoms. The average Bonchev–Trinajstić information content (AvgIpc) is 2.64. The zero-order valence-corrected chi connectivity index (χ0v) is 22.3. The highest BCUT2D eigenvalue weighted by Gasteiger charge is 2.20. The summed E-state index contributed by atoms with van der Waals surface area (Å²) >= 11 is 0. The summed E-state index contributed by atoms with van der Waals surface area (Å²) in [6.07, 6.45) is 4.68. The Kier molecular flexibility index (Phi) is 12.3. The second-order valence-electron chi connectivity index (χ2n) is 8.75. The maximum absolute atomic E-state index is 13.6. The third-order valence-corrected chi connectivity index (χ3v) is 6.23. The lowest BCUT2D eigenvalue weighted by molar-refractivity contribution is 0.139. The van der Waals surface area contributed by atoms with Gasteiger partial charge in [-0.2, -0.15) is 0 Å². The average molecular weight is 569 g/mol. The van der Waals surface area contributed by atoms with Gasteiger partial charge in [-0.3, -0.25) is 4.99 Å². The maximum atomic E-state index is 13.6. The van der Waals surface area contributed by atoms with Crippen molar-refractivity contribution in [2.45, 2.75) is 45.4 Å². The summed E-state index contributed by atoms with van der Waals surface area (Å²) in [5.41, 5.74) is 1.23. The quantitative estimate of drug-likeness (QED) is 0.207. The molecule has 2 N–H and O–H groups in total. The zero-order chi connectivity index (χ0) is 22.1. The molecule has 0 bridgehead atoms. The molecule has 1 aliphatic rings. The molecule has 1 saturated heterocycles. The first kappa shape index (κ1) is 28.1. The largest absolute Gasteiger partial charge is 0.356 e. The van der Waals surface area contributed by atoms with Crippen LogP contribution in [0.25, 0.3) is 0 Å². The van der Waals surface area contributed by atoms with E-state index in [0.717, 1.165) is 37.8 Å². The molecule has 0 radical (unpaired) electrons. The molecule has 0 aliphatic carbocycles. The molecule has 6 nitrogen and oxygen atoms in total. The Morgan fingerprint density at radius 1 is 1.16 bits per heavy atom. The highest BCUT2D eigenvalue weighted by atomic mass is 127. The van der Waals surface area contributed by atoms with Crippen LogP contribution in [0.2, 0.25) is 0 Å². The molecule has 178 valence electrons. The van der Waals surface area contributed by atoms with Crippen molar-refractivity contribution in [3.05, 3.63) is 35.1 Å². The third kappa shape index (κ3) is 11.0. The second kappa shape index (κ2) is 13.6. The SMILES string of the molecule is CN=C(NCCCCN1CC(C)CC(C)C1)NCc1cc(F)ccc1CS(C)(=O)=O.I. The molecular formula is C22H38FIN4O2S. The van der Waals surface area contributed by atoms with E-state index in [1.807, 2.05) is 0 Å². The summed E-state index contributed by atoms with van der Waals surface area (Å²) in [4.78, 5) is 6.78. The number of nitrogens with zero attached hydrogens (tertiary/aromatic N) is 2. The Bertz CT molecular complexity index is 810. The number of guanidine groups is 1. The number of benzene rings is 1. The molecule has 0 amide bonds. The number of halogens is 2. The molecule has 2 atom stereocenters. The lowest BCUT2D eigenvalue weighted by Gasteiger charge is -2.34. The lowest BCUT2D eigenvalue weighted by Crippen LogP contribution is -2.40. The van der Waals surface area contributed by atoms with E-state index in [1.54, 1.807) is 7.05 Å². The highest BCUT2D eigenvalue weighted by molar-refractivity contribution is 14.0. The number of sulfone groups is 1. The van der Waals surface area contributed by atoms with E-state index in [-0.39, 0.29) is 35.5 Å². The van der Waals surface area contributed by atoms with Gasteiger partial charge in [0.1, 0.15) is 5.82 Å². The van der Waals surface area contributed by atoms with Gasteiger partial charge in [0.25, 0.3) is 0 Å². The van der Waals surface area contributed by atoms with Gasteiger partial charge >= 0.3 is 0 Å². The Hall–Kier alpha value is -0.940. The summed E-state index contributed by atoms with van der Waals surface area (Å²) in [7, 11) is -1.50. The van der Waals surface area contributed by atoms with Crippen molar-refractivity contribution in [2.75, 3.05) is 39.5 Å². The molecule has 2 unspecified atom stereocenters. The minimum absolute atomic E-state index is 0. The van der Waals surface area contributed by atoms with Gasteiger partial charge in [0.2, 0.25) is 0 Å². The fraction of sp³-hybridized carbons (Fsp3) is 0.682. The first-order chi connectivity index (χ1) is 14.2. The Labute approximate surface area is 204 Å². The van der Waals surface area contributed by atoms with E-state index < -0.39 is 9.84 Å². The van der Waals surface area contributed by atoms with E-state index >= 15 is 0 Å². The summed E-state index contributed by atoms with van der Waals surface area (Å²) in [5.74, 6) is 1.71. The van der Waals surface area contributed by atoms with E-state index in [1.165, 1.54) is 44.0 Å². The van der Waals surface area contributed by atoms with E-state index in [0.29, 0.717) is 23.6 Å². The standard InChI is InChI=1S/C22H37FN4O2S.HI/c1-17-11-18(2)15-27(14-17)10-6-5-9-25-22(24-3)26-13-20-12-21(23)8-7-19(20)16-30(4,28)29;/h7-8,12,17-18H,5-6,9-11,13-16H2,1-4H3,(H2,24,25,26);1H. The number of aliphatic imine (C=N–C) groups is 1. The van der Waals surface area contributed by atoms with Crippen molar-refractivity contribution >= 4 is 39.8 Å². The molecule has 0 saturated carbocycles. The minimum Gasteiger partial charge on any atom is -0.356 e. The fourth-order valence-electron chi connectivity index (χ4n) is 4.22. The zero-order valence-electron chi connectivity index (χ0n) is 19.2. The monoisotopic (exact) mass is 568 g/mol. The van der Waals surface area contributed by atoms with Crippen molar-refractivity contribution in [2.24, 2.45) is 16.8 Å². The molecule has 1 aromatic carbocycles. The lowest BCUT2D eigenvalue weighted by atomic mass is 9.92. The van der Waals surface area contributed by atoms with Gasteiger partial charge < -0.3 is 15.5 Å². The van der Waals surface area contributed by atoms with E-state index in [9.17, 15) is 12.8 Å². The first-order valence-electron chi connectivity index (χ1n) is 10.8. The minimum atomic E-state index is -3.19. The Balaban J connectivity index is 0.00000480. The normalized spacial score (nSPS) is 20.2. The van der Waals surface area contributed by atoms with Crippen LogP contribution in [-0.2, 0) is 22.1 Å². The molecular weight excluding hydrogens is 530 g/mol. The van der Waals surface area contributed by atoms with Crippen molar-refractivity contribution in [3.63, 3.8) is 0 Å². The molecule has 1 fully saturated rings. The smallest absolute Gasteiger partial charge is 0.191 e. The van der Waals surface area contributed by atoms with Crippen molar-refractivity contribution < 1.29 is 12.8 Å². The second-order valence-corrected chi connectivity index (χ2v) is 10.9. The number of unbranched alkanes of at least 4 members (excludes halogenated alkanes) is 1. The topological polar surface area (TPSA) is 73.8 Å². The van der Waals surface area contributed by atoms with Crippen LogP contribution in [0.5, 0.6) is 0 Å². The van der Waals surface area contributed by atoms with Gasteiger partial charge in [0.15, 0.2) is 15.8 Å². The number of hydrogen-bond donors (Lipinski definition) is 2. The van der Waals surface area contributed by atoms with Gasteiger partial charge in [-0.15, -0.1) is 24.0 Å². The molecule has 1 aliphatic heterocycles. The van der Waals surface area contributed by atoms with Gasteiger partial charge in [-0.05, 0) is 60.9 Å². The van der Waals surface area contributed by atoms with Gasteiger partial charge in [-0.1, -0.05) is 19.9 Å².